The summed E-state index contributed by atoms with van der Waals surface area (Å²) in [6, 6.07) is 4.65. The molecule has 0 spiro atoms. The smallest absolute Gasteiger partial charge is 0.287 e. The molecule has 112 valence electrons. The molecule has 7 nitrogen and oxygen atoms in total. The van der Waals surface area contributed by atoms with Gasteiger partial charge in [-0.1, -0.05) is 0 Å². The van der Waals surface area contributed by atoms with E-state index in [1.165, 1.54) is 18.3 Å². The SMILES string of the molecule is Cc1cc([C@@](C)(O)CNc2ccc([N+](=O)[O-])cn2)c(C)o1. The number of furan rings is 1. The van der Waals surface area contributed by atoms with E-state index < -0.39 is 10.5 Å². The van der Waals surface area contributed by atoms with Crippen LogP contribution in [-0.2, 0) is 5.60 Å². The molecule has 0 aliphatic carbocycles. The zero-order valence-electron chi connectivity index (χ0n) is 12.1. The van der Waals surface area contributed by atoms with Gasteiger partial charge in [-0.05, 0) is 32.9 Å². The molecule has 2 aromatic rings. The quantitative estimate of drug-likeness (QED) is 0.648. The largest absolute Gasteiger partial charge is 0.466 e. The average Bonchev–Trinajstić information content (AvgIpc) is 2.77. The van der Waals surface area contributed by atoms with Crippen LogP contribution in [0.1, 0.15) is 24.0 Å². The standard InChI is InChI=1S/C14H17N3O4/c1-9-6-12(10(2)21-9)14(3,18)8-16-13-5-4-11(7-15-13)17(19)20/h4-7,18H,8H2,1-3H3,(H,15,16)/t14-/m0/s1. The lowest BCUT2D eigenvalue weighted by Crippen LogP contribution is -2.31. The van der Waals surface area contributed by atoms with E-state index in [1.807, 2.05) is 6.92 Å². The number of aromatic nitrogens is 1. The van der Waals surface area contributed by atoms with Crippen molar-refractivity contribution < 1.29 is 14.4 Å². The number of rotatable bonds is 5. The third-order valence-corrected chi connectivity index (χ3v) is 3.19. The van der Waals surface area contributed by atoms with Crippen LogP contribution in [0.3, 0.4) is 0 Å². The summed E-state index contributed by atoms with van der Waals surface area (Å²) in [6.07, 6.45) is 1.17. The van der Waals surface area contributed by atoms with Gasteiger partial charge in [0, 0.05) is 18.2 Å². The highest BCUT2D eigenvalue weighted by Gasteiger charge is 2.27. The molecule has 0 fully saturated rings. The fourth-order valence-electron chi connectivity index (χ4n) is 2.12. The summed E-state index contributed by atoms with van der Waals surface area (Å²) in [7, 11) is 0. The zero-order chi connectivity index (χ0) is 15.6. The van der Waals surface area contributed by atoms with E-state index >= 15 is 0 Å². The Hall–Kier alpha value is -2.41. The maximum atomic E-state index is 10.5. The lowest BCUT2D eigenvalue weighted by Gasteiger charge is -2.23. The summed E-state index contributed by atoms with van der Waals surface area (Å²) >= 11 is 0. The second-order valence-corrected chi connectivity index (χ2v) is 5.11. The average molecular weight is 291 g/mol. The molecule has 2 heterocycles. The van der Waals surface area contributed by atoms with Gasteiger partial charge < -0.3 is 14.8 Å². The summed E-state index contributed by atoms with van der Waals surface area (Å²) in [4.78, 5) is 14.0. The number of aryl methyl sites for hydroxylation is 2. The maximum Gasteiger partial charge on any atom is 0.287 e. The molecule has 2 N–H and O–H groups in total. The molecule has 0 radical (unpaired) electrons. The Labute approximate surface area is 121 Å². The Morgan fingerprint density at radius 1 is 1.48 bits per heavy atom. The Balaban J connectivity index is 2.07. The van der Waals surface area contributed by atoms with E-state index in [0.29, 0.717) is 17.1 Å². The number of pyridine rings is 1. The first-order valence-corrected chi connectivity index (χ1v) is 6.44. The molecule has 0 aromatic carbocycles. The minimum atomic E-state index is -1.13. The molecule has 21 heavy (non-hydrogen) atoms. The highest BCUT2D eigenvalue weighted by Crippen LogP contribution is 2.27. The van der Waals surface area contributed by atoms with E-state index in [-0.39, 0.29) is 12.2 Å². The van der Waals surface area contributed by atoms with Crippen LogP contribution in [0.2, 0.25) is 0 Å². The number of nitrogens with zero attached hydrogens (tertiary/aromatic N) is 2. The first-order valence-electron chi connectivity index (χ1n) is 6.44. The summed E-state index contributed by atoms with van der Waals surface area (Å²) < 4.78 is 5.42. The van der Waals surface area contributed by atoms with Gasteiger partial charge in [0.1, 0.15) is 29.1 Å². The number of aliphatic hydroxyl groups is 1. The van der Waals surface area contributed by atoms with Crippen LogP contribution >= 0.6 is 0 Å². The van der Waals surface area contributed by atoms with E-state index in [4.69, 9.17) is 4.42 Å². The van der Waals surface area contributed by atoms with Gasteiger partial charge >= 0.3 is 0 Å². The molecule has 0 saturated carbocycles. The molecule has 7 heteroatoms. The summed E-state index contributed by atoms with van der Waals surface area (Å²) in [5, 5.41) is 24.0. The first kappa shape index (κ1) is 15.0. The minimum Gasteiger partial charge on any atom is -0.466 e. The van der Waals surface area contributed by atoms with E-state index in [2.05, 4.69) is 10.3 Å². The predicted octanol–water partition coefficient (Wildman–Crippen LogP) is 2.52. The second kappa shape index (κ2) is 5.53. The topological polar surface area (TPSA) is 101 Å². The number of hydrogen-bond acceptors (Lipinski definition) is 6. The van der Waals surface area contributed by atoms with E-state index in [1.54, 1.807) is 19.9 Å². The molecular formula is C14H17N3O4. The Bertz CT molecular complexity index is 647. The van der Waals surface area contributed by atoms with Crippen molar-refractivity contribution in [2.45, 2.75) is 26.4 Å². The van der Waals surface area contributed by atoms with Crippen molar-refractivity contribution in [2.24, 2.45) is 0 Å². The van der Waals surface area contributed by atoms with Gasteiger partial charge in [0.25, 0.3) is 5.69 Å². The van der Waals surface area contributed by atoms with Crippen LogP contribution in [0.25, 0.3) is 0 Å². The van der Waals surface area contributed by atoms with Crippen molar-refractivity contribution in [3.05, 3.63) is 51.6 Å². The molecule has 2 aromatic heterocycles. The summed E-state index contributed by atoms with van der Waals surface area (Å²) in [5.74, 6) is 1.85. The van der Waals surface area contributed by atoms with E-state index in [0.717, 1.165) is 5.76 Å². The second-order valence-electron chi connectivity index (χ2n) is 5.11. The van der Waals surface area contributed by atoms with Gasteiger partial charge in [-0.25, -0.2) is 4.98 Å². The number of nitro groups is 1. The molecule has 0 unspecified atom stereocenters. The van der Waals surface area contributed by atoms with Crippen molar-refractivity contribution in [1.29, 1.82) is 0 Å². The minimum absolute atomic E-state index is 0.0754. The van der Waals surface area contributed by atoms with E-state index in [9.17, 15) is 15.2 Å². The molecule has 2 rings (SSSR count). The Kier molecular flexibility index (Phi) is 3.95. The third kappa shape index (κ3) is 3.38. The Morgan fingerprint density at radius 3 is 2.67 bits per heavy atom. The highest BCUT2D eigenvalue weighted by atomic mass is 16.6. The highest BCUT2D eigenvalue weighted by molar-refractivity contribution is 5.41. The fourth-order valence-corrected chi connectivity index (χ4v) is 2.12. The lowest BCUT2D eigenvalue weighted by atomic mass is 9.96. The van der Waals surface area contributed by atoms with Crippen molar-refractivity contribution in [3.8, 4) is 0 Å². The predicted molar refractivity (Wildman–Crippen MR) is 77.1 cm³/mol. The number of nitrogens with one attached hydrogen (secondary N) is 1. The van der Waals surface area contributed by atoms with Crippen LogP contribution in [0, 0.1) is 24.0 Å². The van der Waals surface area contributed by atoms with Gasteiger partial charge in [-0.3, -0.25) is 10.1 Å². The molecule has 0 bridgehead atoms. The third-order valence-electron chi connectivity index (χ3n) is 3.19. The maximum absolute atomic E-state index is 10.5. The van der Waals surface area contributed by atoms with Gasteiger partial charge in [-0.15, -0.1) is 0 Å². The van der Waals surface area contributed by atoms with Crippen molar-refractivity contribution in [2.75, 3.05) is 11.9 Å². The molecule has 0 amide bonds. The molecule has 0 aliphatic heterocycles. The summed E-state index contributed by atoms with van der Waals surface area (Å²) in [6.45, 7) is 5.49. The van der Waals surface area contributed by atoms with Crippen LogP contribution < -0.4 is 5.32 Å². The van der Waals surface area contributed by atoms with Gasteiger partial charge in [0.15, 0.2) is 0 Å². The van der Waals surface area contributed by atoms with Crippen LogP contribution in [0.4, 0.5) is 11.5 Å². The zero-order valence-corrected chi connectivity index (χ0v) is 12.1. The van der Waals surface area contributed by atoms with Crippen molar-refractivity contribution in [3.63, 3.8) is 0 Å². The van der Waals surface area contributed by atoms with Crippen molar-refractivity contribution in [1.82, 2.24) is 4.98 Å². The van der Waals surface area contributed by atoms with Crippen molar-refractivity contribution >= 4 is 11.5 Å². The van der Waals surface area contributed by atoms with Crippen LogP contribution in [-0.4, -0.2) is 21.6 Å². The van der Waals surface area contributed by atoms with Gasteiger partial charge in [0.05, 0.1) is 4.92 Å². The van der Waals surface area contributed by atoms with Crippen LogP contribution in [0.15, 0.2) is 28.8 Å². The molecule has 1 atom stereocenters. The molecular weight excluding hydrogens is 274 g/mol. The number of hydrogen-bond donors (Lipinski definition) is 2. The molecule has 0 saturated heterocycles. The molecule has 0 aliphatic rings. The first-order chi connectivity index (χ1) is 9.79. The van der Waals surface area contributed by atoms with Gasteiger partial charge in [-0.2, -0.15) is 0 Å². The normalized spacial score (nSPS) is 13.7. The summed E-state index contributed by atoms with van der Waals surface area (Å²) in [5.41, 5.74) is -0.506. The fraction of sp³-hybridized carbons (Fsp3) is 0.357. The Morgan fingerprint density at radius 2 is 2.19 bits per heavy atom. The van der Waals surface area contributed by atoms with Crippen LogP contribution in [0.5, 0.6) is 0 Å². The van der Waals surface area contributed by atoms with Gasteiger partial charge in [0.2, 0.25) is 0 Å². The number of anilines is 1. The lowest BCUT2D eigenvalue weighted by molar-refractivity contribution is -0.385. The monoisotopic (exact) mass is 291 g/mol.